The first-order valence-corrected chi connectivity index (χ1v) is 11.3. The zero-order valence-electron chi connectivity index (χ0n) is 17.8. The van der Waals surface area contributed by atoms with Gasteiger partial charge in [-0.25, -0.2) is 0 Å². The fourth-order valence-electron chi connectivity index (χ4n) is 3.44. The van der Waals surface area contributed by atoms with E-state index in [1.54, 1.807) is 12.1 Å². The van der Waals surface area contributed by atoms with Gasteiger partial charge >= 0.3 is 0 Å². The van der Waals surface area contributed by atoms with Crippen LogP contribution in [-0.4, -0.2) is 16.9 Å². The lowest BCUT2D eigenvalue weighted by molar-refractivity contribution is -0.122. The van der Waals surface area contributed by atoms with Crippen LogP contribution in [-0.2, 0) is 9.59 Å². The molecule has 4 rings (SSSR count). The van der Waals surface area contributed by atoms with Crippen molar-refractivity contribution in [1.29, 1.82) is 0 Å². The number of carbonyl (C=O) groups is 2. The number of aryl methyl sites for hydroxylation is 1. The molecule has 1 N–H and O–H groups in total. The molecule has 1 saturated heterocycles. The first-order valence-electron chi connectivity index (χ1n) is 10.1. The predicted octanol–water partition coefficient (Wildman–Crippen LogP) is 5.97. The fraction of sp³-hybridized carbons (Fsp3) is 0.160. The Balaban J connectivity index is 1.65. The molecule has 1 aliphatic rings. The predicted molar refractivity (Wildman–Crippen MR) is 133 cm³/mol. The van der Waals surface area contributed by atoms with Gasteiger partial charge in [0.25, 0.3) is 11.8 Å². The first kappa shape index (κ1) is 22.2. The Hall–Kier alpha value is -3.03. The number of benzene rings is 2. The van der Waals surface area contributed by atoms with Gasteiger partial charge in [0.2, 0.25) is 0 Å². The Morgan fingerprint density at radius 2 is 1.78 bits per heavy atom. The van der Waals surface area contributed by atoms with Crippen molar-refractivity contribution in [3.63, 3.8) is 0 Å². The average Bonchev–Trinajstić information content (AvgIpc) is 3.19. The molecule has 162 valence electrons. The van der Waals surface area contributed by atoms with Crippen LogP contribution < -0.4 is 10.2 Å². The van der Waals surface area contributed by atoms with Gasteiger partial charge < -0.3 is 4.42 Å². The molecule has 0 unspecified atom stereocenters. The number of nitrogens with one attached hydrogen (secondary N) is 1. The normalized spacial score (nSPS) is 15.6. The average molecular weight is 509 g/mol. The molecule has 2 aromatic carbocycles. The van der Waals surface area contributed by atoms with E-state index in [1.807, 2.05) is 49.4 Å². The van der Waals surface area contributed by atoms with E-state index in [4.69, 9.17) is 16.6 Å². The van der Waals surface area contributed by atoms with Gasteiger partial charge in [-0.1, -0.05) is 48.0 Å². The number of hydrogen-bond acceptors (Lipinski definition) is 4. The Morgan fingerprint density at radius 1 is 1.06 bits per heavy atom. The van der Waals surface area contributed by atoms with Crippen molar-refractivity contribution >= 4 is 56.8 Å². The van der Waals surface area contributed by atoms with E-state index in [0.29, 0.717) is 23.1 Å². The van der Waals surface area contributed by atoms with Crippen LogP contribution in [0.2, 0.25) is 0 Å². The number of furan rings is 1. The van der Waals surface area contributed by atoms with E-state index in [-0.39, 0.29) is 10.7 Å². The van der Waals surface area contributed by atoms with Crippen molar-refractivity contribution in [2.24, 2.45) is 0 Å². The summed E-state index contributed by atoms with van der Waals surface area (Å²) >= 11 is 8.83. The summed E-state index contributed by atoms with van der Waals surface area (Å²) in [6.45, 7) is 6.20. The molecule has 0 spiro atoms. The second kappa shape index (κ2) is 8.84. The van der Waals surface area contributed by atoms with Crippen LogP contribution in [0.4, 0.5) is 5.69 Å². The molecule has 2 amide bonds. The molecule has 3 aromatic rings. The molecular weight excluding hydrogens is 488 g/mol. The SMILES string of the molecule is Cc1ccc(-c2ccc(/C=C3/C(=O)NC(=S)N(c4ccc(C(C)C)cc4)C3=O)o2)c(Br)c1. The maximum absolute atomic E-state index is 13.2. The third-order valence-electron chi connectivity index (χ3n) is 5.22. The van der Waals surface area contributed by atoms with E-state index in [1.165, 1.54) is 11.0 Å². The third-order valence-corrected chi connectivity index (χ3v) is 6.16. The van der Waals surface area contributed by atoms with Crippen molar-refractivity contribution in [2.45, 2.75) is 26.7 Å². The van der Waals surface area contributed by atoms with E-state index >= 15 is 0 Å². The minimum Gasteiger partial charge on any atom is -0.457 e. The van der Waals surface area contributed by atoms with E-state index in [0.717, 1.165) is 21.2 Å². The molecule has 1 aromatic heterocycles. The third kappa shape index (κ3) is 4.31. The minimum atomic E-state index is -0.551. The number of thiocarbonyl (C=S) groups is 1. The van der Waals surface area contributed by atoms with Crippen LogP contribution in [0.1, 0.15) is 36.7 Å². The second-order valence-electron chi connectivity index (χ2n) is 7.89. The monoisotopic (exact) mass is 508 g/mol. The van der Waals surface area contributed by atoms with Crippen molar-refractivity contribution in [3.05, 3.63) is 81.5 Å². The smallest absolute Gasteiger partial charge is 0.270 e. The number of nitrogens with zero attached hydrogens (tertiary/aromatic N) is 1. The van der Waals surface area contributed by atoms with Gasteiger partial charge in [0.1, 0.15) is 17.1 Å². The summed E-state index contributed by atoms with van der Waals surface area (Å²) in [7, 11) is 0. The highest BCUT2D eigenvalue weighted by atomic mass is 79.9. The molecule has 32 heavy (non-hydrogen) atoms. The van der Waals surface area contributed by atoms with Gasteiger partial charge in [-0.3, -0.25) is 19.8 Å². The highest BCUT2D eigenvalue weighted by Gasteiger charge is 2.34. The quantitative estimate of drug-likeness (QED) is 0.267. The van der Waals surface area contributed by atoms with Crippen LogP contribution in [0.5, 0.6) is 0 Å². The Labute approximate surface area is 200 Å². The molecule has 1 aliphatic heterocycles. The van der Waals surface area contributed by atoms with E-state index < -0.39 is 11.8 Å². The number of anilines is 1. The molecular formula is C25H21BrN2O3S. The summed E-state index contributed by atoms with van der Waals surface area (Å²) in [5, 5.41) is 2.65. The van der Waals surface area contributed by atoms with Crippen molar-refractivity contribution < 1.29 is 14.0 Å². The highest BCUT2D eigenvalue weighted by Crippen LogP contribution is 2.31. The minimum absolute atomic E-state index is 0.0459. The first-order chi connectivity index (χ1) is 15.2. The summed E-state index contributed by atoms with van der Waals surface area (Å²) in [5.41, 5.74) is 3.70. The van der Waals surface area contributed by atoms with Crippen molar-refractivity contribution in [3.8, 4) is 11.3 Å². The number of halogens is 1. The van der Waals surface area contributed by atoms with Crippen LogP contribution in [0.15, 0.2) is 69.1 Å². The molecule has 0 bridgehead atoms. The number of amides is 2. The molecule has 2 heterocycles. The topological polar surface area (TPSA) is 62.6 Å². The lowest BCUT2D eigenvalue weighted by Crippen LogP contribution is -2.54. The molecule has 7 heteroatoms. The van der Waals surface area contributed by atoms with Crippen molar-refractivity contribution in [2.75, 3.05) is 4.90 Å². The lowest BCUT2D eigenvalue weighted by Gasteiger charge is -2.29. The van der Waals surface area contributed by atoms with Crippen LogP contribution in [0.25, 0.3) is 17.4 Å². The van der Waals surface area contributed by atoms with Gasteiger partial charge in [0, 0.05) is 10.0 Å². The summed E-state index contributed by atoms with van der Waals surface area (Å²) in [5.74, 6) is 0.345. The van der Waals surface area contributed by atoms with Crippen LogP contribution in [0, 0.1) is 6.92 Å². The summed E-state index contributed by atoms with van der Waals surface area (Å²) < 4.78 is 6.81. The number of carbonyl (C=O) groups excluding carboxylic acids is 2. The number of rotatable bonds is 4. The van der Waals surface area contributed by atoms with Gasteiger partial charge in [-0.2, -0.15) is 0 Å². The van der Waals surface area contributed by atoms with Crippen LogP contribution in [0.3, 0.4) is 0 Å². The lowest BCUT2D eigenvalue weighted by atomic mass is 10.0. The Morgan fingerprint density at radius 3 is 2.44 bits per heavy atom. The Kier molecular flexibility index (Phi) is 6.13. The maximum Gasteiger partial charge on any atom is 0.270 e. The zero-order valence-corrected chi connectivity index (χ0v) is 20.2. The standard InChI is InChI=1S/C25H21BrN2O3S/c1-14(2)16-5-7-17(8-6-16)28-24(30)20(23(29)27-25(28)32)13-18-9-11-22(31-18)19-10-4-15(3)12-21(19)26/h4-14H,1-3H3,(H,27,29,32)/b20-13-. The summed E-state index contributed by atoms with van der Waals surface area (Å²) in [6, 6.07) is 17.0. The maximum atomic E-state index is 13.2. The fourth-order valence-corrected chi connectivity index (χ4v) is 4.41. The van der Waals surface area contributed by atoms with Gasteiger partial charge in [-0.15, -0.1) is 0 Å². The molecule has 0 atom stereocenters. The molecule has 5 nitrogen and oxygen atoms in total. The summed E-state index contributed by atoms with van der Waals surface area (Å²) in [6.07, 6.45) is 1.44. The van der Waals surface area contributed by atoms with E-state index in [2.05, 4.69) is 35.1 Å². The molecule has 0 aliphatic carbocycles. The molecule has 0 saturated carbocycles. The number of hydrogen-bond donors (Lipinski definition) is 1. The molecule has 1 fully saturated rings. The zero-order chi connectivity index (χ0) is 23.0. The van der Waals surface area contributed by atoms with Gasteiger partial charge in [0.05, 0.1) is 5.69 Å². The second-order valence-corrected chi connectivity index (χ2v) is 9.13. The Bertz CT molecular complexity index is 1260. The van der Waals surface area contributed by atoms with Gasteiger partial charge in [0.15, 0.2) is 5.11 Å². The van der Waals surface area contributed by atoms with Gasteiger partial charge in [-0.05, 0) is 78.7 Å². The van der Waals surface area contributed by atoms with E-state index in [9.17, 15) is 9.59 Å². The molecule has 0 radical (unpaired) electrons. The largest absolute Gasteiger partial charge is 0.457 e. The van der Waals surface area contributed by atoms with Crippen LogP contribution >= 0.6 is 28.1 Å². The summed E-state index contributed by atoms with van der Waals surface area (Å²) in [4.78, 5) is 27.1. The highest BCUT2D eigenvalue weighted by molar-refractivity contribution is 9.10. The van der Waals surface area contributed by atoms with Crippen molar-refractivity contribution in [1.82, 2.24) is 5.32 Å².